The number of fused-ring (bicyclic) bond motifs is 1. The first-order valence-corrected chi connectivity index (χ1v) is 10.5. The van der Waals surface area contributed by atoms with E-state index in [1.165, 1.54) is 0 Å². The Balaban J connectivity index is 1.84. The summed E-state index contributed by atoms with van der Waals surface area (Å²) in [7, 11) is 0. The molecule has 1 fully saturated rings. The lowest BCUT2D eigenvalue weighted by Crippen LogP contribution is -2.50. The molecule has 8 heteroatoms. The maximum absolute atomic E-state index is 12.3. The Bertz CT molecular complexity index is 940. The van der Waals surface area contributed by atoms with Crippen molar-refractivity contribution in [2.24, 2.45) is 0 Å². The lowest BCUT2D eigenvalue weighted by molar-refractivity contribution is 0.0107. The van der Waals surface area contributed by atoms with E-state index in [2.05, 4.69) is 32.2 Å². The molecule has 1 aliphatic rings. The van der Waals surface area contributed by atoms with Gasteiger partial charge in [-0.2, -0.15) is 0 Å². The van der Waals surface area contributed by atoms with Gasteiger partial charge in [0.05, 0.1) is 5.56 Å². The van der Waals surface area contributed by atoms with Crippen LogP contribution < -0.4 is 0 Å². The molecule has 0 spiro atoms. The topological polar surface area (TPSA) is 74.5 Å². The average Bonchev–Trinajstić information content (AvgIpc) is 2.99. The summed E-state index contributed by atoms with van der Waals surface area (Å²) in [5, 5.41) is 9.64. The third-order valence-electron chi connectivity index (χ3n) is 5.30. The van der Waals surface area contributed by atoms with Gasteiger partial charge in [0, 0.05) is 54.1 Å². The number of aromatic nitrogens is 1. The molecule has 2 aromatic heterocycles. The van der Waals surface area contributed by atoms with E-state index in [4.69, 9.17) is 4.74 Å². The Kier molecular flexibility index (Phi) is 5.96. The van der Waals surface area contributed by atoms with Crippen molar-refractivity contribution in [2.45, 2.75) is 46.3 Å². The maximum atomic E-state index is 12.3. The van der Waals surface area contributed by atoms with Crippen LogP contribution >= 0.6 is 15.9 Å². The molecule has 7 nitrogen and oxygen atoms in total. The Morgan fingerprint density at radius 2 is 1.79 bits per heavy atom. The highest BCUT2D eigenvalue weighted by Gasteiger charge is 2.30. The number of hydrogen-bond acceptors (Lipinski definition) is 4. The monoisotopic (exact) mass is 465 g/mol. The van der Waals surface area contributed by atoms with E-state index >= 15 is 0 Å². The summed E-state index contributed by atoms with van der Waals surface area (Å²) in [5.41, 5.74) is 2.36. The van der Waals surface area contributed by atoms with Crippen molar-refractivity contribution >= 4 is 33.5 Å². The predicted octanol–water partition coefficient (Wildman–Crippen LogP) is 4.32. The number of amides is 1. The molecule has 3 rings (SSSR count). The molecule has 1 amide bonds. The third kappa shape index (κ3) is 4.59. The van der Waals surface area contributed by atoms with Crippen molar-refractivity contribution in [3.63, 3.8) is 0 Å². The highest BCUT2D eigenvalue weighted by atomic mass is 79.9. The Morgan fingerprint density at radius 3 is 2.34 bits per heavy atom. The van der Waals surface area contributed by atoms with Crippen LogP contribution in [0.5, 0.6) is 0 Å². The van der Waals surface area contributed by atoms with Crippen molar-refractivity contribution in [3.05, 3.63) is 39.6 Å². The van der Waals surface area contributed by atoms with Gasteiger partial charge < -0.3 is 19.1 Å². The second-order valence-electron chi connectivity index (χ2n) is 8.51. The molecule has 0 aliphatic carbocycles. The molecule has 29 heavy (non-hydrogen) atoms. The molecule has 1 aliphatic heterocycles. The van der Waals surface area contributed by atoms with E-state index in [0.717, 1.165) is 21.2 Å². The van der Waals surface area contributed by atoms with E-state index in [-0.39, 0.29) is 12.1 Å². The molecule has 0 bridgehead atoms. The fourth-order valence-electron chi connectivity index (χ4n) is 3.87. The van der Waals surface area contributed by atoms with E-state index in [1.54, 1.807) is 11.0 Å². The molecule has 0 saturated carbocycles. The normalized spacial score (nSPS) is 16.8. The van der Waals surface area contributed by atoms with Crippen LogP contribution in [0, 0.1) is 6.92 Å². The summed E-state index contributed by atoms with van der Waals surface area (Å²) in [6.45, 7) is 12.1. The van der Waals surface area contributed by atoms with Gasteiger partial charge in [0.2, 0.25) is 0 Å². The average molecular weight is 466 g/mol. The second-order valence-corrected chi connectivity index (χ2v) is 9.42. The number of piperazine rings is 1. The number of nitrogens with zero attached hydrogens (tertiary/aromatic N) is 3. The summed E-state index contributed by atoms with van der Waals surface area (Å²) in [4.78, 5) is 28.1. The van der Waals surface area contributed by atoms with Gasteiger partial charge in [0.1, 0.15) is 5.60 Å². The van der Waals surface area contributed by atoms with Gasteiger partial charge in [-0.05, 0) is 68.2 Å². The highest BCUT2D eigenvalue weighted by molar-refractivity contribution is 9.10. The highest BCUT2D eigenvalue weighted by Crippen LogP contribution is 2.30. The van der Waals surface area contributed by atoms with E-state index in [9.17, 15) is 14.7 Å². The number of hydrogen-bond donors (Lipinski definition) is 1. The number of carbonyl (C=O) groups excluding carboxylic acids is 1. The van der Waals surface area contributed by atoms with Crippen molar-refractivity contribution in [1.29, 1.82) is 0 Å². The van der Waals surface area contributed by atoms with Crippen molar-refractivity contribution in [1.82, 2.24) is 14.2 Å². The lowest BCUT2D eigenvalue weighted by atomic mass is 10.0. The lowest BCUT2D eigenvalue weighted by Gasteiger charge is -2.39. The number of ether oxygens (including phenoxy) is 1. The number of carbonyl (C=O) groups is 2. The third-order valence-corrected chi connectivity index (χ3v) is 5.73. The molecule has 2 aromatic rings. The zero-order chi connectivity index (χ0) is 21.5. The van der Waals surface area contributed by atoms with Crippen molar-refractivity contribution < 1.29 is 19.4 Å². The molecule has 1 saturated heterocycles. The molecule has 0 radical (unpaired) electrons. The van der Waals surface area contributed by atoms with Crippen LogP contribution in [0.25, 0.3) is 5.52 Å². The van der Waals surface area contributed by atoms with Gasteiger partial charge in [0.15, 0.2) is 0 Å². The second kappa shape index (κ2) is 7.99. The maximum Gasteiger partial charge on any atom is 0.410 e. The van der Waals surface area contributed by atoms with Crippen LogP contribution in [0.2, 0.25) is 0 Å². The minimum atomic E-state index is -0.925. The first-order valence-electron chi connectivity index (χ1n) is 9.74. The van der Waals surface area contributed by atoms with Gasteiger partial charge in [0.25, 0.3) is 0 Å². The molecule has 1 N–H and O–H groups in total. The first-order chi connectivity index (χ1) is 13.5. The zero-order valence-electron chi connectivity index (χ0n) is 17.5. The number of carboxylic acids is 1. The van der Waals surface area contributed by atoms with Crippen LogP contribution in [-0.2, 0) is 4.74 Å². The first kappa shape index (κ1) is 21.6. The quantitative estimate of drug-likeness (QED) is 0.730. The van der Waals surface area contributed by atoms with Crippen LogP contribution in [0.3, 0.4) is 0 Å². The number of aromatic carboxylic acids is 1. The summed E-state index contributed by atoms with van der Waals surface area (Å²) in [6.07, 6.45) is 1.68. The standard InChI is InChI=1S/C21H28BrN3O4/c1-13-17(19(26)27)11-16-10-15(22)12-25(16)18(13)14(2)23-6-8-24(9-7-23)20(28)29-21(3,4)5/h10-12,14H,6-9H2,1-5H3,(H,26,27). The van der Waals surface area contributed by atoms with Gasteiger partial charge >= 0.3 is 12.1 Å². The molecule has 1 unspecified atom stereocenters. The van der Waals surface area contributed by atoms with Crippen molar-refractivity contribution in [3.8, 4) is 0 Å². The minimum Gasteiger partial charge on any atom is -0.478 e. The Hall–Kier alpha value is -2.06. The van der Waals surface area contributed by atoms with Crippen LogP contribution in [0.15, 0.2) is 22.8 Å². The van der Waals surface area contributed by atoms with Crippen LogP contribution in [0.4, 0.5) is 4.79 Å². The summed E-state index contributed by atoms with van der Waals surface area (Å²) in [5.74, 6) is -0.925. The SMILES string of the molecule is Cc1c(C(=O)O)cc2cc(Br)cn2c1C(C)N1CCN(C(=O)OC(C)(C)C)CC1. The molecule has 1 atom stereocenters. The largest absolute Gasteiger partial charge is 0.478 e. The number of rotatable bonds is 3. The molecular formula is C21H28BrN3O4. The van der Waals surface area contributed by atoms with Crippen LogP contribution in [-0.4, -0.2) is 63.1 Å². The molecule has 3 heterocycles. The minimum absolute atomic E-state index is 0.00288. The van der Waals surface area contributed by atoms with Gasteiger partial charge in [-0.3, -0.25) is 4.90 Å². The number of halogens is 1. The van der Waals surface area contributed by atoms with Gasteiger partial charge in [-0.25, -0.2) is 9.59 Å². The van der Waals surface area contributed by atoms with E-state index in [1.807, 2.05) is 40.0 Å². The number of pyridine rings is 1. The van der Waals surface area contributed by atoms with E-state index in [0.29, 0.717) is 31.7 Å². The fourth-order valence-corrected chi connectivity index (χ4v) is 4.31. The molecule has 158 valence electrons. The summed E-state index contributed by atoms with van der Waals surface area (Å²) >= 11 is 3.50. The summed E-state index contributed by atoms with van der Waals surface area (Å²) in [6, 6.07) is 3.62. The molecule has 0 aromatic carbocycles. The number of carboxylic acid groups (broad SMARTS) is 1. The Morgan fingerprint density at radius 1 is 1.17 bits per heavy atom. The molecular weight excluding hydrogens is 438 g/mol. The van der Waals surface area contributed by atoms with Gasteiger partial charge in [-0.1, -0.05) is 0 Å². The fraction of sp³-hybridized carbons (Fsp3) is 0.524. The Labute approximate surface area is 179 Å². The van der Waals surface area contributed by atoms with Crippen LogP contribution in [0.1, 0.15) is 55.4 Å². The van der Waals surface area contributed by atoms with E-state index < -0.39 is 11.6 Å². The summed E-state index contributed by atoms with van der Waals surface area (Å²) < 4.78 is 8.43. The predicted molar refractivity (Wildman–Crippen MR) is 115 cm³/mol. The van der Waals surface area contributed by atoms with Gasteiger partial charge in [-0.15, -0.1) is 0 Å². The zero-order valence-corrected chi connectivity index (χ0v) is 19.1. The smallest absolute Gasteiger partial charge is 0.410 e. The van der Waals surface area contributed by atoms with Crippen molar-refractivity contribution in [2.75, 3.05) is 26.2 Å².